The van der Waals surface area contributed by atoms with Crippen molar-refractivity contribution in [3.8, 4) is 5.75 Å². The van der Waals surface area contributed by atoms with Crippen LogP contribution in [0.4, 0.5) is 9.80 Å². The zero-order valence-corrected chi connectivity index (χ0v) is 13.8. The lowest BCUT2D eigenvalue weighted by Gasteiger charge is -2.25. The van der Waals surface area contributed by atoms with Crippen molar-refractivity contribution in [3.05, 3.63) is 47.3 Å². The fourth-order valence-electron chi connectivity index (χ4n) is 2.14. The summed E-state index contributed by atoms with van der Waals surface area (Å²) in [6, 6.07) is 11.5. The van der Waals surface area contributed by atoms with Crippen LogP contribution in [-0.2, 0) is 0 Å². The number of amides is 2. The molecule has 0 saturated heterocycles. The number of rotatable bonds is 6. The number of ether oxygens (including phenoxy) is 1. The molecule has 0 aliphatic rings. The first-order chi connectivity index (χ1) is 10.6. The molecule has 0 saturated carbocycles. The Labute approximate surface area is 134 Å². The van der Waals surface area contributed by atoms with Crippen LogP contribution in [0.2, 0.25) is 0 Å². The number of carbonyl (C=O) groups excluding carboxylic acids is 1. The van der Waals surface area contributed by atoms with Gasteiger partial charge in [-0.2, -0.15) is 0 Å². The number of likely N-dealkylation sites (N-methyl/N-ethyl adjacent to an activating group) is 1. The smallest absolute Gasteiger partial charge is 0.319 e. The predicted octanol–water partition coefficient (Wildman–Crippen LogP) is 3.18. The Kier molecular flexibility index (Phi) is 5.80. The number of hydrogen-bond acceptors (Lipinski definition) is 4. The molecule has 1 heterocycles. The number of carbonyl (C=O) groups is 1. The number of nitrogens with zero attached hydrogens (tertiary/aromatic N) is 1. The molecule has 0 bridgehead atoms. The third-order valence-electron chi connectivity index (χ3n) is 3.32. The van der Waals surface area contributed by atoms with Gasteiger partial charge in [0.15, 0.2) is 0 Å². The number of methoxy groups -OCH3 is 1. The molecule has 2 amide bonds. The third-order valence-corrected chi connectivity index (χ3v) is 4.10. The highest BCUT2D eigenvalue weighted by Crippen LogP contribution is 2.22. The van der Waals surface area contributed by atoms with Gasteiger partial charge in [0.2, 0.25) is 0 Å². The monoisotopic (exact) mass is 319 g/mol. The molecule has 0 aliphatic carbocycles. The van der Waals surface area contributed by atoms with Crippen molar-refractivity contribution in [3.63, 3.8) is 0 Å². The maximum Gasteiger partial charge on any atom is 0.319 e. The zero-order chi connectivity index (χ0) is 15.9. The van der Waals surface area contributed by atoms with Crippen LogP contribution in [0.25, 0.3) is 0 Å². The van der Waals surface area contributed by atoms with Crippen molar-refractivity contribution in [1.29, 1.82) is 0 Å². The van der Waals surface area contributed by atoms with Crippen molar-refractivity contribution in [2.45, 2.75) is 6.04 Å². The maximum atomic E-state index is 11.9. The summed E-state index contributed by atoms with van der Waals surface area (Å²) in [5.74, 6) is 0.812. The lowest BCUT2D eigenvalue weighted by molar-refractivity contribution is 0.243. The predicted molar refractivity (Wildman–Crippen MR) is 90.8 cm³/mol. The van der Waals surface area contributed by atoms with Crippen LogP contribution in [0.5, 0.6) is 5.75 Å². The van der Waals surface area contributed by atoms with Crippen molar-refractivity contribution >= 4 is 22.4 Å². The SMILES string of the molecule is COc1cccc([C@@H](CNC(=O)Nc2cccs2)N(C)C)c1. The number of hydrogen-bond donors (Lipinski definition) is 2. The van der Waals surface area contributed by atoms with E-state index in [9.17, 15) is 4.79 Å². The highest BCUT2D eigenvalue weighted by atomic mass is 32.1. The fraction of sp³-hybridized carbons (Fsp3) is 0.312. The highest BCUT2D eigenvalue weighted by molar-refractivity contribution is 7.14. The van der Waals surface area contributed by atoms with Gasteiger partial charge in [-0.3, -0.25) is 5.32 Å². The second-order valence-electron chi connectivity index (χ2n) is 5.07. The van der Waals surface area contributed by atoms with Crippen molar-refractivity contribution in [1.82, 2.24) is 10.2 Å². The van der Waals surface area contributed by atoms with Gasteiger partial charge in [-0.05, 0) is 49.3 Å². The average molecular weight is 319 g/mol. The van der Waals surface area contributed by atoms with Crippen molar-refractivity contribution in [2.75, 3.05) is 33.1 Å². The molecule has 5 nitrogen and oxygen atoms in total. The van der Waals surface area contributed by atoms with Crippen LogP contribution in [0, 0.1) is 0 Å². The van der Waals surface area contributed by atoms with E-state index in [0.29, 0.717) is 6.54 Å². The number of anilines is 1. The summed E-state index contributed by atoms with van der Waals surface area (Å²) in [5, 5.41) is 8.49. The summed E-state index contributed by atoms with van der Waals surface area (Å²) in [4.78, 5) is 14.0. The molecule has 1 atom stereocenters. The fourth-order valence-corrected chi connectivity index (χ4v) is 2.76. The number of benzene rings is 1. The minimum Gasteiger partial charge on any atom is -0.497 e. The summed E-state index contributed by atoms with van der Waals surface area (Å²) in [5.41, 5.74) is 1.10. The highest BCUT2D eigenvalue weighted by Gasteiger charge is 2.16. The van der Waals surface area contributed by atoms with Gasteiger partial charge in [0, 0.05) is 6.54 Å². The molecule has 0 fully saturated rings. The number of urea groups is 1. The van der Waals surface area contributed by atoms with Crippen LogP contribution < -0.4 is 15.4 Å². The molecule has 0 unspecified atom stereocenters. The average Bonchev–Trinajstić information content (AvgIpc) is 3.00. The van der Waals surface area contributed by atoms with Crippen LogP contribution >= 0.6 is 11.3 Å². The Morgan fingerprint density at radius 1 is 1.32 bits per heavy atom. The Morgan fingerprint density at radius 2 is 2.14 bits per heavy atom. The van der Waals surface area contributed by atoms with E-state index in [0.717, 1.165) is 16.3 Å². The molecular weight excluding hydrogens is 298 g/mol. The Bertz CT molecular complexity index is 599. The lowest BCUT2D eigenvalue weighted by Crippen LogP contribution is -2.36. The zero-order valence-electron chi connectivity index (χ0n) is 13.0. The molecule has 6 heteroatoms. The molecule has 0 spiro atoms. The van der Waals surface area contributed by atoms with E-state index in [2.05, 4.69) is 15.5 Å². The van der Waals surface area contributed by atoms with E-state index in [-0.39, 0.29) is 12.1 Å². The third kappa shape index (κ3) is 4.47. The van der Waals surface area contributed by atoms with Gasteiger partial charge >= 0.3 is 6.03 Å². The van der Waals surface area contributed by atoms with Gasteiger partial charge in [0.05, 0.1) is 18.2 Å². The summed E-state index contributed by atoms with van der Waals surface area (Å²) >= 11 is 1.49. The summed E-state index contributed by atoms with van der Waals surface area (Å²) < 4.78 is 5.26. The van der Waals surface area contributed by atoms with E-state index in [4.69, 9.17) is 4.74 Å². The standard InChI is InChI=1S/C16H21N3O2S/c1-19(2)14(12-6-4-7-13(10-12)21-3)11-17-16(20)18-15-8-5-9-22-15/h4-10,14H,11H2,1-3H3,(H2,17,18,20)/t14-/m1/s1. The molecule has 0 radical (unpaired) electrons. The van der Waals surface area contributed by atoms with Gasteiger partial charge in [-0.15, -0.1) is 11.3 Å². The molecule has 1 aromatic heterocycles. The number of thiophene rings is 1. The topological polar surface area (TPSA) is 53.6 Å². The van der Waals surface area contributed by atoms with Crippen LogP contribution in [0.3, 0.4) is 0 Å². The first-order valence-corrected chi connectivity index (χ1v) is 7.87. The Hall–Kier alpha value is -2.05. The van der Waals surface area contributed by atoms with Gasteiger partial charge in [-0.1, -0.05) is 12.1 Å². The van der Waals surface area contributed by atoms with Gasteiger partial charge in [0.25, 0.3) is 0 Å². The van der Waals surface area contributed by atoms with E-state index in [1.165, 1.54) is 11.3 Å². The van der Waals surface area contributed by atoms with Gasteiger partial charge in [0.1, 0.15) is 5.75 Å². The van der Waals surface area contributed by atoms with Crippen LogP contribution in [-0.4, -0.2) is 38.7 Å². The maximum absolute atomic E-state index is 11.9. The van der Waals surface area contributed by atoms with E-state index in [1.54, 1.807) is 7.11 Å². The van der Waals surface area contributed by atoms with Crippen LogP contribution in [0.15, 0.2) is 41.8 Å². The van der Waals surface area contributed by atoms with E-state index in [1.807, 2.05) is 55.9 Å². The Balaban J connectivity index is 1.98. The van der Waals surface area contributed by atoms with Gasteiger partial charge < -0.3 is 15.0 Å². The molecule has 1 aromatic carbocycles. The lowest BCUT2D eigenvalue weighted by atomic mass is 10.1. The quantitative estimate of drug-likeness (QED) is 0.860. The molecule has 118 valence electrons. The molecular formula is C16H21N3O2S. The van der Waals surface area contributed by atoms with Crippen molar-refractivity contribution < 1.29 is 9.53 Å². The van der Waals surface area contributed by atoms with Crippen LogP contribution in [0.1, 0.15) is 11.6 Å². The molecule has 2 N–H and O–H groups in total. The van der Waals surface area contributed by atoms with E-state index >= 15 is 0 Å². The molecule has 2 aromatic rings. The minimum atomic E-state index is -0.197. The Morgan fingerprint density at radius 3 is 2.77 bits per heavy atom. The minimum absolute atomic E-state index is 0.0733. The number of nitrogens with one attached hydrogen (secondary N) is 2. The van der Waals surface area contributed by atoms with Crippen molar-refractivity contribution in [2.24, 2.45) is 0 Å². The van der Waals surface area contributed by atoms with E-state index < -0.39 is 0 Å². The second kappa shape index (κ2) is 7.82. The first-order valence-electron chi connectivity index (χ1n) is 6.99. The molecule has 0 aliphatic heterocycles. The largest absolute Gasteiger partial charge is 0.497 e. The first kappa shape index (κ1) is 16.3. The second-order valence-corrected chi connectivity index (χ2v) is 6.02. The normalized spacial score (nSPS) is 12.0. The molecule has 2 rings (SSSR count). The molecule has 22 heavy (non-hydrogen) atoms. The van der Waals surface area contributed by atoms with Gasteiger partial charge in [-0.25, -0.2) is 4.79 Å². The summed E-state index contributed by atoms with van der Waals surface area (Å²) in [7, 11) is 5.63. The summed E-state index contributed by atoms with van der Waals surface area (Å²) in [6.45, 7) is 0.511. The summed E-state index contributed by atoms with van der Waals surface area (Å²) in [6.07, 6.45) is 0.